The first-order valence-corrected chi connectivity index (χ1v) is 15.8. The summed E-state index contributed by atoms with van der Waals surface area (Å²) in [7, 11) is 0. The Labute approximate surface area is 321 Å². The molecule has 4 heteroatoms. The van der Waals surface area contributed by atoms with Gasteiger partial charge in [-0.2, -0.15) is 0 Å². The highest BCUT2D eigenvalue weighted by atomic mass is 15.1. The molecule has 0 saturated heterocycles. The van der Waals surface area contributed by atoms with E-state index in [0.717, 1.165) is 19.9 Å². The van der Waals surface area contributed by atoms with E-state index >= 15 is 0 Å². The van der Waals surface area contributed by atoms with Crippen molar-refractivity contribution in [3.8, 4) is 28.5 Å². The van der Waals surface area contributed by atoms with Crippen molar-refractivity contribution in [2.45, 2.75) is 0 Å². The molecule has 0 aliphatic carbocycles. The predicted molar refractivity (Wildman–Crippen MR) is 213 cm³/mol. The van der Waals surface area contributed by atoms with E-state index in [2.05, 4.69) is 0 Å². The van der Waals surface area contributed by atoms with Crippen molar-refractivity contribution in [3.63, 3.8) is 0 Å². The van der Waals surface area contributed by atoms with E-state index < -0.39 is 132 Å². The van der Waals surface area contributed by atoms with Gasteiger partial charge in [-0.15, -0.1) is 0 Å². The Balaban J connectivity index is 1.43. The van der Waals surface area contributed by atoms with Crippen molar-refractivity contribution in [2.24, 2.45) is 0 Å². The molecule has 0 unspecified atom stereocenters. The standard InChI is InChI=1S/C47H30N4/c1-8-22-39(49-40-23-9-2-16-33(40)34-17-3-10-24-41(34)49)32(15-1)31-29-46(50-42-25-11-4-18-35(42)36-19-5-12-26-43(36)50)48-47(30-31)51-44-27-13-6-20-37(44)38-21-7-14-28-45(38)51/h1-30H/i1D,4D,5D,6D,7D,8D,11D,12D,13D,14D,15D,18D,19D,20D,21D,22D,25D,26D,27D,28D. The zero-order valence-corrected chi connectivity index (χ0v) is 26.1. The van der Waals surface area contributed by atoms with Gasteiger partial charge < -0.3 is 4.57 Å². The lowest BCUT2D eigenvalue weighted by molar-refractivity contribution is 1.01. The van der Waals surface area contributed by atoms with Crippen molar-refractivity contribution in [3.05, 3.63) is 182 Å². The monoisotopic (exact) mass is 670 g/mol. The summed E-state index contributed by atoms with van der Waals surface area (Å²) in [6.07, 6.45) is 0. The highest BCUT2D eigenvalue weighted by Gasteiger charge is 2.20. The normalized spacial score (nSPS) is 17.4. The minimum atomic E-state index is -0.751. The number of para-hydroxylation sites is 7. The molecule has 0 N–H and O–H groups in total. The minimum absolute atomic E-state index is 0.0892. The van der Waals surface area contributed by atoms with E-state index in [1.54, 1.807) is 28.8 Å². The van der Waals surface area contributed by atoms with Crippen LogP contribution in [0, 0.1) is 0 Å². The number of benzene rings is 7. The third-order valence-electron chi connectivity index (χ3n) is 9.08. The summed E-state index contributed by atoms with van der Waals surface area (Å²) >= 11 is 0. The molecule has 51 heavy (non-hydrogen) atoms. The fraction of sp³-hybridized carbons (Fsp3) is 0. The van der Waals surface area contributed by atoms with Crippen LogP contribution in [-0.4, -0.2) is 18.7 Å². The van der Waals surface area contributed by atoms with Gasteiger partial charge in [-0.1, -0.05) is 127 Å². The maximum Gasteiger partial charge on any atom is 0.140 e. The fourth-order valence-corrected chi connectivity index (χ4v) is 7.02. The Morgan fingerprint density at radius 1 is 0.373 bits per heavy atom. The number of pyridine rings is 1. The first kappa shape index (κ1) is 14.9. The van der Waals surface area contributed by atoms with Crippen LogP contribution in [0.15, 0.2) is 182 Å². The highest BCUT2D eigenvalue weighted by molar-refractivity contribution is 6.11. The van der Waals surface area contributed by atoms with Crippen LogP contribution in [0.1, 0.15) is 27.4 Å². The lowest BCUT2D eigenvalue weighted by atomic mass is 10.0. The summed E-state index contributed by atoms with van der Waals surface area (Å²) < 4.78 is 184. The van der Waals surface area contributed by atoms with E-state index in [1.165, 1.54) is 12.1 Å². The number of hydrogen-bond acceptors (Lipinski definition) is 1. The van der Waals surface area contributed by atoms with Gasteiger partial charge in [0.25, 0.3) is 0 Å². The molecule has 0 fully saturated rings. The van der Waals surface area contributed by atoms with E-state index in [-0.39, 0.29) is 60.4 Å². The lowest BCUT2D eigenvalue weighted by Gasteiger charge is -2.17. The zero-order valence-electron chi connectivity index (χ0n) is 46.1. The third-order valence-corrected chi connectivity index (χ3v) is 9.08. The van der Waals surface area contributed by atoms with Crippen LogP contribution >= 0.6 is 0 Å². The van der Waals surface area contributed by atoms with Gasteiger partial charge in [-0.05, 0) is 60.0 Å². The van der Waals surface area contributed by atoms with Crippen LogP contribution < -0.4 is 0 Å². The Morgan fingerprint density at radius 3 is 1.24 bits per heavy atom. The molecule has 0 atom stereocenters. The molecule has 0 aliphatic heterocycles. The number of hydrogen-bond donors (Lipinski definition) is 0. The molecule has 238 valence electrons. The number of aromatic nitrogens is 4. The summed E-state index contributed by atoms with van der Waals surface area (Å²) in [6, 6.07) is 3.20. The molecule has 11 rings (SSSR count). The van der Waals surface area contributed by atoms with Gasteiger partial charge in [0.2, 0.25) is 0 Å². The first-order valence-electron chi connectivity index (χ1n) is 25.8. The van der Waals surface area contributed by atoms with E-state index in [4.69, 9.17) is 24.2 Å². The SMILES string of the molecule is [2H]c1c([2H])c([2H])c(-n2c3ccccc3c3ccccc32)c(-c2cc(-n3c4c([2H])c([2H])c([2H])c([2H])c4c4c([2H])c([2H])c([2H])c([2H])c43)nc(-n3c4c([2H])c([2H])c([2H])c([2H])c4c4c([2H])c([2H])c([2H])c([2H])c43)c2)c1[2H]. The van der Waals surface area contributed by atoms with Crippen LogP contribution in [0.25, 0.3) is 93.9 Å². The highest BCUT2D eigenvalue weighted by Crippen LogP contribution is 2.39. The molecular formula is C47H30N4. The second kappa shape index (κ2) is 10.8. The van der Waals surface area contributed by atoms with Crippen molar-refractivity contribution in [2.75, 3.05) is 0 Å². The number of fused-ring (bicyclic) bond motifs is 9. The lowest BCUT2D eigenvalue weighted by Crippen LogP contribution is -2.05. The molecule has 0 radical (unpaired) electrons. The second-order valence-electron chi connectivity index (χ2n) is 11.7. The maximum absolute atomic E-state index is 9.66. The minimum Gasteiger partial charge on any atom is -0.309 e. The summed E-state index contributed by atoms with van der Waals surface area (Å²) in [5, 5.41) is 0.164. The van der Waals surface area contributed by atoms with Gasteiger partial charge in [0.15, 0.2) is 0 Å². The van der Waals surface area contributed by atoms with Crippen LogP contribution in [0.4, 0.5) is 0 Å². The summed E-state index contributed by atoms with van der Waals surface area (Å²) in [6.45, 7) is 0. The topological polar surface area (TPSA) is 27.7 Å². The molecule has 0 bridgehead atoms. The maximum atomic E-state index is 9.66. The molecule has 4 nitrogen and oxygen atoms in total. The molecular weight excluding hydrogens is 621 g/mol. The molecule has 11 aromatic rings. The van der Waals surface area contributed by atoms with Crippen molar-refractivity contribution >= 4 is 65.4 Å². The fourth-order valence-electron chi connectivity index (χ4n) is 7.02. The quantitative estimate of drug-likeness (QED) is 0.183. The van der Waals surface area contributed by atoms with E-state index in [0.29, 0.717) is 11.0 Å². The Morgan fingerprint density at radius 2 is 0.765 bits per heavy atom. The zero-order chi connectivity index (χ0) is 50.9. The summed E-state index contributed by atoms with van der Waals surface area (Å²) in [5.74, 6) is -0.797. The molecule has 7 aromatic carbocycles. The average Bonchev–Trinajstić information content (AvgIpc) is 4.04. The molecule has 0 aliphatic rings. The smallest absolute Gasteiger partial charge is 0.140 e. The van der Waals surface area contributed by atoms with Gasteiger partial charge in [-0.25, -0.2) is 4.98 Å². The summed E-state index contributed by atoms with van der Waals surface area (Å²) in [5.41, 5.74) is -0.863. The molecule has 4 aromatic heterocycles. The molecule has 0 amide bonds. The molecule has 0 saturated carbocycles. The Hall–Kier alpha value is -6.91. The Kier molecular flexibility index (Phi) is 3.16. The largest absolute Gasteiger partial charge is 0.309 e. The van der Waals surface area contributed by atoms with Gasteiger partial charge in [0.05, 0.1) is 66.2 Å². The number of nitrogens with zero attached hydrogens (tertiary/aromatic N) is 4. The second-order valence-corrected chi connectivity index (χ2v) is 11.7. The summed E-state index contributed by atoms with van der Waals surface area (Å²) in [4.78, 5) is 4.94. The average molecular weight is 671 g/mol. The molecule has 0 spiro atoms. The van der Waals surface area contributed by atoms with E-state index in [9.17, 15) is 8.22 Å². The predicted octanol–water partition coefficient (Wildman–Crippen LogP) is 12.0. The van der Waals surface area contributed by atoms with Gasteiger partial charge in [-0.3, -0.25) is 9.13 Å². The first-order chi connectivity index (χ1) is 33.6. The van der Waals surface area contributed by atoms with Crippen LogP contribution in [-0.2, 0) is 0 Å². The van der Waals surface area contributed by atoms with Gasteiger partial charge in [0.1, 0.15) is 11.6 Å². The van der Waals surface area contributed by atoms with Gasteiger partial charge in [0, 0.05) is 37.9 Å². The van der Waals surface area contributed by atoms with Gasteiger partial charge >= 0.3 is 0 Å². The van der Waals surface area contributed by atoms with Crippen molar-refractivity contribution < 1.29 is 27.4 Å². The number of rotatable bonds is 4. The van der Waals surface area contributed by atoms with Crippen molar-refractivity contribution in [1.82, 2.24) is 18.7 Å². The van der Waals surface area contributed by atoms with Crippen LogP contribution in [0.3, 0.4) is 0 Å². The van der Waals surface area contributed by atoms with Crippen molar-refractivity contribution in [1.29, 1.82) is 0 Å². The molecule has 4 heterocycles. The van der Waals surface area contributed by atoms with Crippen LogP contribution in [0.5, 0.6) is 0 Å². The Bertz CT molecular complexity index is 3920. The third kappa shape index (κ3) is 4.05. The van der Waals surface area contributed by atoms with Crippen LogP contribution in [0.2, 0.25) is 0 Å². The van der Waals surface area contributed by atoms with E-state index in [1.807, 2.05) is 24.3 Å².